The zero-order chi connectivity index (χ0) is 13.8. The van der Waals surface area contributed by atoms with Crippen LogP contribution in [-0.4, -0.2) is 21.7 Å². The van der Waals surface area contributed by atoms with E-state index in [4.69, 9.17) is 0 Å². The summed E-state index contributed by atoms with van der Waals surface area (Å²) in [7, 11) is 4.04. The molecule has 1 aromatic carbocycles. The minimum atomic E-state index is -0.367. The highest BCUT2D eigenvalue weighted by Crippen LogP contribution is 2.21. The third-order valence-corrected chi connectivity index (χ3v) is 3.40. The maximum atomic E-state index is 9.78. The summed E-state index contributed by atoms with van der Waals surface area (Å²) in [6, 6.07) is 8.05. The zero-order valence-corrected chi connectivity index (χ0v) is 11.7. The second-order valence-electron chi connectivity index (χ2n) is 4.83. The molecule has 0 saturated heterocycles. The largest absolute Gasteiger partial charge is 0.388 e. The summed E-state index contributed by atoms with van der Waals surface area (Å²) < 4.78 is 2.02. The first-order valence-electron chi connectivity index (χ1n) is 6.57. The van der Waals surface area contributed by atoms with Crippen molar-refractivity contribution in [2.75, 3.05) is 11.9 Å². The highest BCUT2D eigenvalue weighted by molar-refractivity contribution is 5.47. The molecule has 0 spiro atoms. The molecule has 1 aromatic heterocycles. The molecule has 4 nitrogen and oxygen atoms in total. The Kier molecular flexibility index (Phi) is 4.22. The van der Waals surface area contributed by atoms with Gasteiger partial charge in [0.15, 0.2) is 0 Å². The topological polar surface area (TPSA) is 41.3 Å². The first-order chi connectivity index (χ1) is 9.11. The van der Waals surface area contributed by atoms with Crippen molar-refractivity contribution in [1.29, 1.82) is 0 Å². The summed E-state index contributed by atoms with van der Waals surface area (Å²) in [5, 5.41) is 9.78. The highest BCUT2D eigenvalue weighted by Gasteiger charge is 2.08. The molecule has 0 unspecified atom stereocenters. The maximum absolute atomic E-state index is 9.78. The number of benzene rings is 1. The number of aromatic nitrogens is 2. The summed E-state index contributed by atoms with van der Waals surface area (Å²) in [6.07, 6.45) is 4.13. The number of imidazole rings is 1. The molecule has 0 radical (unpaired) electrons. The van der Waals surface area contributed by atoms with Crippen molar-refractivity contribution in [3.63, 3.8) is 0 Å². The Morgan fingerprint density at radius 2 is 2.00 bits per heavy atom. The molecule has 0 bridgehead atoms. The molecular formula is C15H21N3O. The van der Waals surface area contributed by atoms with Crippen molar-refractivity contribution >= 4 is 5.69 Å². The smallest absolute Gasteiger partial charge is 0.127 e. The number of nitrogens with zero attached hydrogens (tertiary/aromatic N) is 3. The average Bonchev–Trinajstić information content (AvgIpc) is 2.83. The molecule has 2 rings (SSSR count). The third-order valence-electron chi connectivity index (χ3n) is 3.40. The van der Waals surface area contributed by atoms with Gasteiger partial charge in [-0.15, -0.1) is 0 Å². The number of aryl methyl sites for hydroxylation is 1. The second-order valence-corrected chi connectivity index (χ2v) is 4.83. The quantitative estimate of drug-likeness (QED) is 0.897. The van der Waals surface area contributed by atoms with E-state index in [1.807, 2.05) is 62.2 Å². The molecule has 0 fully saturated rings. The fourth-order valence-electron chi connectivity index (χ4n) is 2.04. The summed E-state index contributed by atoms with van der Waals surface area (Å²) >= 11 is 0. The van der Waals surface area contributed by atoms with Gasteiger partial charge in [0, 0.05) is 32.2 Å². The van der Waals surface area contributed by atoms with Crippen LogP contribution in [0.15, 0.2) is 36.7 Å². The van der Waals surface area contributed by atoms with Crippen LogP contribution in [0.25, 0.3) is 0 Å². The number of hydrogen-bond donors (Lipinski definition) is 1. The fraction of sp³-hybridized carbons (Fsp3) is 0.400. The molecular weight excluding hydrogens is 238 g/mol. The first kappa shape index (κ1) is 13.6. The van der Waals surface area contributed by atoms with Crippen LogP contribution in [0.2, 0.25) is 0 Å². The molecule has 1 atom stereocenters. The van der Waals surface area contributed by atoms with Gasteiger partial charge < -0.3 is 14.6 Å². The molecule has 0 amide bonds. The molecule has 19 heavy (non-hydrogen) atoms. The van der Waals surface area contributed by atoms with Gasteiger partial charge in [0.25, 0.3) is 0 Å². The number of hydrogen-bond acceptors (Lipinski definition) is 3. The SMILES string of the molecule is CC[C@@H](O)c1ccc(N(C)Cc2nccn2C)cc1. The van der Waals surface area contributed by atoms with Gasteiger partial charge >= 0.3 is 0 Å². The number of rotatable bonds is 5. The Labute approximate surface area is 114 Å². The van der Waals surface area contributed by atoms with Crippen molar-refractivity contribution in [2.45, 2.75) is 26.0 Å². The lowest BCUT2D eigenvalue weighted by Crippen LogP contribution is -2.18. The monoisotopic (exact) mass is 259 g/mol. The average molecular weight is 259 g/mol. The standard InChI is InChI=1S/C15H21N3O/c1-4-14(19)12-5-7-13(8-6-12)18(3)11-15-16-9-10-17(15)2/h5-10,14,19H,4,11H2,1-3H3/t14-/m1/s1. The van der Waals surface area contributed by atoms with E-state index in [9.17, 15) is 5.11 Å². The Morgan fingerprint density at radius 3 is 2.53 bits per heavy atom. The van der Waals surface area contributed by atoms with Gasteiger partial charge in [0.2, 0.25) is 0 Å². The van der Waals surface area contributed by atoms with Crippen molar-refractivity contribution in [1.82, 2.24) is 9.55 Å². The van der Waals surface area contributed by atoms with Crippen molar-refractivity contribution < 1.29 is 5.11 Å². The van der Waals surface area contributed by atoms with Gasteiger partial charge in [-0.3, -0.25) is 0 Å². The van der Waals surface area contributed by atoms with Crippen LogP contribution in [0.3, 0.4) is 0 Å². The third kappa shape index (κ3) is 3.15. The van der Waals surface area contributed by atoms with Gasteiger partial charge in [0.05, 0.1) is 12.6 Å². The van der Waals surface area contributed by atoms with Gasteiger partial charge in [-0.25, -0.2) is 4.98 Å². The lowest BCUT2D eigenvalue weighted by Gasteiger charge is -2.19. The summed E-state index contributed by atoms with van der Waals surface area (Å²) in [4.78, 5) is 6.46. The van der Waals surface area contributed by atoms with Crippen LogP contribution < -0.4 is 4.90 Å². The Morgan fingerprint density at radius 1 is 1.32 bits per heavy atom. The van der Waals surface area contributed by atoms with Crippen LogP contribution in [0.4, 0.5) is 5.69 Å². The lowest BCUT2D eigenvalue weighted by atomic mass is 10.1. The molecule has 1 heterocycles. The second kappa shape index (κ2) is 5.89. The van der Waals surface area contributed by atoms with Crippen molar-refractivity contribution in [2.24, 2.45) is 7.05 Å². The van der Waals surface area contributed by atoms with Crippen molar-refractivity contribution in [3.05, 3.63) is 48.0 Å². The first-order valence-corrected chi connectivity index (χ1v) is 6.57. The van der Waals surface area contributed by atoms with Crippen LogP contribution in [0, 0.1) is 0 Å². The molecule has 0 aliphatic carbocycles. The summed E-state index contributed by atoms with van der Waals surface area (Å²) in [6.45, 7) is 2.74. The van der Waals surface area contributed by atoms with Crippen LogP contribution >= 0.6 is 0 Å². The van der Waals surface area contributed by atoms with E-state index < -0.39 is 0 Å². The minimum Gasteiger partial charge on any atom is -0.388 e. The Balaban J connectivity index is 2.07. The van der Waals surface area contributed by atoms with E-state index in [0.717, 1.165) is 30.0 Å². The predicted octanol–water partition coefficient (Wildman–Crippen LogP) is 2.50. The normalized spacial score (nSPS) is 12.4. The van der Waals surface area contributed by atoms with Gasteiger partial charge in [-0.1, -0.05) is 19.1 Å². The van der Waals surface area contributed by atoms with E-state index in [1.54, 1.807) is 0 Å². The van der Waals surface area contributed by atoms with E-state index in [-0.39, 0.29) is 6.10 Å². The zero-order valence-electron chi connectivity index (χ0n) is 11.7. The van der Waals surface area contributed by atoms with E-state index >= 15 is 0 Å². The molecule has 4 heteroatoms. The molecule has 0 aliphatic heterocycles. The molecule has 0 saturated carbocycles. The maximum Gasteiger partial charge on any atom is 0.127 e. The number of aliphatic hydroxyl groups excluding tert-OH is 1. The summed E-state index contributed by atoms with van der Waals surface area (Å²) in [5.74, 6) is 1.03. The highest BCUT2D eigenvalue weighted by atomic mass is 16.3. The molecule has 102 valence electrons. The number of aliphatic hydroxyl groups is 1. The van der Waals surface area contributed by atoms with Crippen molar-refractivity contribution in [3.8, 4) is 0 Å². The van der Waals surface area contributed by atoms with Gasteiger partial charge in [-0.05, 0) is 24.1 Å². The number of anilines is 1. The van der Waals surface area contributed by atoms with Gasteiger partial charge in [0.1, 0.15) is 5.82 Å². The summed E-state index contributed by atoms with van der Waals surface area (Å²) in [5.41, 5.74) is 2.09. The fourth-order valence-corrected chi connectivity index (χ4v) is 2.04. The van der Waals surface area contributed by atoms with Crippen LogP contribution in [0.1, 0.15) is 30.8 Å². The van der Waals surface area contributed by atoms with Gasteiger partial charge in [-0.2, -0.15) is 0 Å². The lowest BCUT2D eigenvalue weighted by molar-refractivity contribution is 0.173. The van der Waals surface area contributed by atoms with E-state index in [0.29, 0.717) is 0 Å². The van der Waals surface area contributed by atoms with Crippen LogP contribution in [-0.2, 0) is 13.6 Å². The minimum absolute atomic E-state index is 0.367. The Bertz CT molecular complexity index is 518. The van der Waals surface area contributed by atoms with E-state index in [1.165, 1.54) is 0 Å². The molecule has 1 N–H and O–H groups in total. The van der Waals surface area contributed by atoms with E-state index in [2.05, 4.69) is 9.88 Å². The molecule has 0 aliphatic rings. The van der Waals surface area contributed by atoms with Crippen LogP contribution in [0.5, 0.6) is 0 Å². The molecule has 2 aromatic rings. The Hall–Kier alpha value is -1.81. The predicted molar refractivity (Wildman–Crippen MR) is 77.0 cm³/mol.